The number of allylic oxidation sites excluding steroid dienone is 4. The zero-order valence-corrected chi connectivity index (χ0v) is 19.1. The van der Waals surface area contributed by atoms with Crippen molar-refractivity contribution in [3.8, 4) is 0 Å². The molecular weight excluding hydrogens is 430 g/mol. The Bertz CT molecular complexity index is 736. The molecule has 0 amide bonds. The van der Waals surface area contributed by atoms with Crippen molar-refractivity contribution in [1.29, 1.82) is 0 Å². The number of aliphatic hydroxyl groups excluding tert-OH is 3. The molecule has 2 rings (SSSR count). The fraction of sp³-hybridized carbons (Fsp3) is 0.708. The Kier molecular flexibility index (Phi) is 10.9. The van der Waals surface area contributed by atoms with Crippen LogP contribution in [-0.4, -0.2) is 76.0 Å². The Labute approximate surface area is 194 Å². The third-order valence-electron chi connectivity index (χ3n) is 6.91. The lowest BCUT2D eigenvalue weighted by Crippen LogP contribution is -2.43. The summed E-state index contributed by atoms with van der Waals surface area (Å²) in [6.45, 7) is -0.0940. The number of hydrogen-bond donors (Lipinski definition) is 5. The smallest absolute Gasteiger partial charge is 0.320 e. The van der Waals surface area contributed by atoms with Gasteiger partial charge in [0.25, 0.3) is 0 Å². The minimum absolute atomic E-state index is 0.0824. The maximum atomic E-state index is 12.3. The summed E-state index contributed by atoms with van der Waals surface area (Å²) in [5, 5.41) is 38.5. The molecule has 0 bridgehead atoms. The van der Waals surface area contributed by atoms with E-state index in [0.717, 1.165) is 6.42 Å². The molecule has 2 saturated carbocycles. The van der Waals surface area contributed by atoms with Crippen molar-refractivity contribution in [2.75, 3.05) is 13.7 Å². The van der Waals surface area contributed by atoms with Gasteiger partial charge in [-0.1, -0.05) is 12.2 Å². The number of aliphatic hydroxyl groups is 3. The summed E-state index contributed by atoms with van der Waals surface area (Å²) < 4.78 is 5.31. The highest BCUT2D eigenvalue weighted by Gasteiger charge is 2.37. The minimum Gasteiger partial charge on any atom is -0.480 e. The van der Waals surface area contributed by atoms with Crippen LogP contribution in [0.5, 0.6) is 0 Å². The first-order valence-electron chi connectivity index (χ1n) is 11.5. The van der Waals surface area contributed by atoms with Crippen LogP contribution in [0.1, 0.15) is 44.9 Å². The van der Waals surface area contributed by atoms with Crippen molar-refractivity contribution >= 4 is 17.5 Å². The molecule has 0 spiro atoms. The molecule has 186 valence electrons. The monoisotopic (exact) mass is 467 g/mol. The van der Waals surface area contributed by atoms with Crippen LogP contribution in [-0.2, 0) is 19.1 Å². The van der Waals surface area contributed by atoms with E-state index in [0.29, 0.717) is 25.7 Å². The number of carboxylic acid groups (broad SMARTS) is 1. The second-order valence-electron chi connectivity index (χ2n) is 9.33. The molecule has 9 heteroatoms. The fourth-order valence-corrected chi connectivity index (χ4v) is 4.86. The summed E-state index contributed by atoms with van der Waals surface area (Å²) >= 11 is 0. The van der Waals surface area contributed by atoms with Crippen LogP contribution in [0.4, 0.5) is 0 Å². The number of carbonyl (C=O) groups is 3. The lowest BCUT2D eigenvalue weighted by Gasteiger charge is -2.38. The van der Waals surface area contributed by atoms with Crippen molar-refractivity contribution in [1.82, 2.24) is 0 Å². The zero-order valence-electron chi connectivity index (χ0n) is 19.1. The molecule has 9 nitrogen and oxygen atoms in total. The predicted molar refractivity (Wildman–Crippen MR) is 120 cm³/mol. The first-order valence-corrected chi connectivity index (χ1v) is 11.5. The van der Waals surface area contributed by atoms with Gasteiger partial charge in [-0.15, -0.1) is 0 Å². The highest BCUT2D eigenvalue weighted by Crippen LogP contribution is 2.35. The van der Waals surface area contributed by atoms with E-state index in [1.165, 1.54) is 19.3 Å². The molecular formula is C24H37NO8. The van der Waals surface area contributed by atoms with Gasteiger partial charge in [0.15, 0.2) is 11.6 Å². The van der Waals surface area contributed by atoms with Gasteiger partial charge < -0.3 is 30.9 Å². The van der Waals surface area contributed by atoms with Gasteiger partial charge in [0.2, 0.25) is 0 Å². The molecule has 0 aliphatic heterocycles. The van der Waals surface area contributed by atoms with Crippen molar-refractivity contribution in [2.45, 2.75) is 69.3 Å². The number of hydrogen-bond acceptors (Lipinski definition) is 8. The van der Waals surface area contributed by atoms with E-state index in [9.17, 15) is 29.7 Å². The molecule has 0 radical (unpaired) electrons. The summed E-state index contributed by atoms with van der Waals surface area (Å²) in [7, 11) is 1.49. The summed E-state index contributed by atoms with van der Waals surface area (Å²) in [6.07, 6.45) is 7.01. The Morgan fingerprint density at radius 3 is 2.27 bits per heavy atom. The van der Waals surface area contributed by atoms with Gasteiger partial charge >= 0.3 is 5.97 Å². The van der Waals surface area contributed by atoms with Crippen LogP contribution >= 0.6 is 0 Å². The summed E-state index contributed by atoms with van der Waals surface area (Å²) in [6, 6.07) is -1.06. The Morgan fingerprint density at radius 1 is 1.00 bits per heavy atom. The molecule has 2 aliphatic carbocycles. The second kappa shape index (κ2) is 13.1. The Morgan fingerprint density at radius 2 is 1.67 bits per heavy atom. The van der Waals surface area contributed by atoms with E-state index in [2.05, 4.69) is 0 Å². The highest BCUT2D eigenvalue weighted by atomic mass is 16.5. The molecule has 0 aromatic carbocycles. The third kappa shape index (κ3) is 8.42. The number of rotatable bonds is 11. The van der Waals surface area contributed by atoms with Crippen molar-refractivity contribution in [3.05, 3.63) is 24.3 Å². The number of carbonyl (C=O) groups excluding carboxylic acids is 2. The molecule has 2 aliphatic rings. The molecule has 33 heavy (non-hydrogen) atoms. The lowest BCUT2D eigenvalue weighted by atomic mass is 9.73. The normalized spacial score (nSPS) is 33.9. The quantitative estimate of drug-likeness (QED) is 0.216. The zero-order chi connectivity index (χ0) is 24.5. The largest absolute Gasteiger partial charge is 0.480 e. The SMILES string of the molecule is COC1CC(/C=C/C(=O)CC(=O)/C=C/C2CCC(O)C(CO)C2)C(CC(N)C(=O)O)CC1O. The van der Waals surface area contributed by atoms with E-state index >= 15 is 0 Å². The first-order chi connectivity index (χ1) is 15.6. The van der Waals surface area contributed by atoms with Crippen LogP contribution in [0, 0.1) is 23.7 Å². The number of ketones is 2. The van der Waals surface area contributed by atoms with Crippen LogP contribution in [0.15, 0.2) is 24.3 Å². The van der Waals surface area contributed by atoms with Gasteiger partial charge in [-0.25, -0.2) is 0 Å². The van der Waals surface area contributed by atoms with E-state index in [-0.39, 0.29) is 54.7 Å². The van der Waals surface area contributed by atoms with Crippen molar-refractivity contribution in [2.24, 2.45) is 29.4 Å². The van der Waals surface area contributed by atoms with E-state index in [4.69, 9.17) is 15.6 Å². The van der Waals surface area contributed by atoms with Gasteiger partial charge in [0.05, 0.1) is 24.7 Å². The maximum absolute atomic E-state index is 12.3. The highest BCUT2D eigenvalue weighted by molar-refractivity contribution is 6.08. The molecule has 0 heterocycles. The first kappa shape index (κ1) is 27.3. The minimum atomic E-state index is -1.12. The van der Waals surface area contributed by atoms with Crippen LogP contribution in [0.3, 0.4) is 0 Å². The van der Waals surface area contributed by atoms with Crippen LogP contribution < -0.4 is 5.73 Å². The van der Waals surface area contributed by atoms with Gasteiger partial charge in [-0.05, 0) is 68.4 Å². The second-order valence-corrected chi connectivity index (χ2v) is 9.33. The van der Waals surface area contributed by atoms with E-state index in [1.807, 2.05) is 0 Å². The number of methoxy groups -OCH3 is 1. The van der Waals surface area contributed by atoms with Crippen LogP contribution in [0.25, 0.3) is 0 Å². The molecule has 0 saturated heterocycles. The van der Waals surface area contributed by atoms with Gasteiger partial charge in [-0.2, -0.15) is 0 Å². The maximum Gasteiger partial charge on any atom is 0.320 e. The lowest BCUT2D eigenvalue weighted by molar-refractivity contribution is -0.139. The fourth-order valence-electron chi connectivity index (χ4n) is 4.86. The summed E-state index contributed by atoms with van der Waals surface area (Å²) in [5.41, 5.74) is 5.68. The predicted octanol–water partition coefficient (Wildman–Crippen LogP) is 0.601. The Balaban J connectivity index is 1.92. The molecule has 2 fully saturated rings. The van der Waals surface area contributed by atoms with E-state index in [1.54, 1.807) is 12.2 Å². The topological polar surface area (TPSA) is 167 Å². The number of carboxylic acids is 1. The molecule has 0 aromatic heterocycles. The standard InChI is InChI=1S/C24H37NO8/c1-33-23-11-15(16(10-22(23)30)9-20(25)24(31)32)4-6-19(28)12-18(27)5-2-14-3-7-21(29)17(8-14)13-26/h2,4-6,14-17,20-23,26,29-30H,3,7-13,25H2,1H3,(H,31,32)/b5-2+,6-4+. The van der Waals surface area contributed by atoms with E-state index < -0.39 is 30.3 Å². The molecule has 0 aromatic rings. The van der Waals surface area contributed by atoms with Gasteiger partial charge in [0, 0.05) is 19.6 Å². The summed E-state index contributed by atoms with van der Waals surface area (Å²) in [4.78, 5) is 35.7. The molecule has 8 atom stereocenters. The average molecular weight is 468 g/mol. The third-order valence-corrected chi connectivity index (χ3v) is 6.91. The van der Waals surface area contributed by atoms with Gasteiger partial charge in [0.1, 0.15) is 6.04 Å². The van der Waals surface area contributed by atoms with Crippen molar-refractivity contribution < 1.29 is 39.5 Å². The summed E-state index contributed by atoms with van der Waals surface area (Å²) in [5.74, 6) is -2.35. The number of ether oxygens (including phenoxy) is 1. The molecule has 8 unspecified atom stereocenters. The average Bonchev–Trinajstić information content (AvgIpc) is 2.77. The number of nitrogens with two attached hydrogens (primary N) is 1. The van der Waals surface area contributed by atoms with Crippen molar-refractivity contribution in [3.63, 3.8) is 0 Å². The molecule has 6 N–H and O–H groups in total. The van der Waals surface area contributed by atoms with Gasteiger partial charge in [-0.3, -0.25) is 14.4 Å². The number of aliphatic carboxylic acids is 1. The van der Waals surface area contributed by atoms with Crippen LogP contribution in [0.2, 0.25) is 0 Å². The Hall–Kier alpha value is -1.91.